The molecule has 0 saturated carbocycles. The minimum Gasteiger partial charge on any atom is -0.325 e. The number of Topliss-reactive ketones (excluding diaryl/α,β-unsaturated/α-hetero) is 1. The molecule has 0 aromatic heterocycles. The molecule has 82 valence electrons. The molecule has 1 N–H and O–H groups in total. The number of hydrogen-bond donors (Lipinski definition) is 1. The molecule has 1 unspecified atom stereocenters. The van der Waals surface area contributed by atoms with Crippen LogP contribution in [0.4, 0.5) is 5.69 Å². The van der Waals surface area contributed by atoms with Gasteiger partial charge in [-0.25, -0.2) is 0 Å². The maximum atomic E-state index is 11.5. The first kappa shape index (κ1) is 11.9. The van der Waals surface area contributed by atoms with Crippen LogP contribution in [0.5, 0.6) is 0 Å². The van der Waals surface area contributed by atoms with E-state index < -0.39 is 17.6 Å². The highest BCUT2D eigenvalue weighted by atomic mass is 16.2. The van der Waals surface area contributed by atoms with Crippen molar-refractivity contribution in [2.24, 2.45) is 5.92 Å². The van der Waals surface area contributed by atoms with E-state index in [-0.39, 0.29) is 0 Å². The number of hydrogen-bond acceptors (Lipinski definition) is 3. The number of carbonyl (C=O) groups excluding carboxylic acids is 2. The van der Waals surface area contributed by atoms with Crippen molar-refractivity contribution in [1.29, 1.82) is 5.26 Å². The Kier molecular flexibility index (Phi) is 3.78. The zero-order chi connectivity index (χ0) is 12.1. The summed E-state index contributed by atoms with van der Waals surface area (Å²) in [7, 11) is 0. The second kappa shape index (κ2) is 5.08. The SMILES string of the molecule is CC(=O)C(C#N)C(=O)Nc1ccc(C)cc1. The van der Waals surface area contributed by atoms with Gasteiger partial charge in [-0.05, 0) is 26.0 Å². The molecule has 0 heterocycles. The molecule has 1 aromatic carbocycles. The van der Waals surface area contributed by atoms with Crippen LogP contribution in [0, 0.1) is 24.2 Å². The van der Waals surface area contributed by atoms with E-state index in [1.165, 1.54) is 6.92 Å². The van der Waals surface area contributed by atoms with Crippen molar-refractivity contribution < 1.29 is 9.59 Å². The molecule has 4 nitrogen and oxygen atoms in total. The van der Waals surface area contributed by atoms with Gasteiger partial charge in [-0.15, -0.1) is 0 Å². The number of ketones is 1. The normalized spacial score (nSPS) is 11.3. The van der Waals surface area contributed by atoms with Crippen LogP contribution in [-0.2, 0) is 9.59 Å². The summed E-state index contributed by atoms with van der Waals surface area (Å²) in [6.07, 6.45) is 0. The molecule has 0 aliphatic carbocycles. The summed E-state index contributed by atoms with van der Waals surface area (Å²) < 4.78 is 0. The fourth-order valence-electron chi connectivity index (χ4n) is 1.19. The molecule has 0 aliphatic rings. The lowest BCUT2D eigenvalue weighted by atomic mass is 10.1. The Labute approximate surface area is 93.9 Å². The second-order valence-corrected chi connectivity index (χ2v) is 3.53. The van der Waals surface area contributed by atoms with Gasteiger partial charge >= 0.3 is 0 Å². The lowest BCUT2D eigenvalue weighted by Gasteiger charge is -2.07. The van der Waals surface area contributed by atoms with Gasteiger partial charge in [0.15, 0.2) is 11.7 Å². The van der Waals surface area contributed by atoms with Crippen molar-refractivity contribution in [1.82, 2.24) is 0 Å². The number of anilines is 1. The molecule has 0 radical (unpaired) electrons. The number of aryl methyl sites for hydroxylation is 1. The minimum atomic E-state index is -1.23. The summed E-state index contributed by atoms with van der Waals surface area (Å²) in [5.41, 5.74) is 1.65. The Balaban J connectivity index is 2.75. The fourth-order valence-corrected chi connectivity index (χ4v) is 1.19. The number of rotatable bonds is 3. The van der Waals surface area contributed by atoms with E-state index in [0.29, 0.717) is 5.69 Å². The van der Waals surface area contributed by atoms with Gasteiger partial charge in [-0.2, -0.15) is 5.26 Å². The third-order valence-corrected chi connectivity index (χ3v) is 2.12. The number of nitrogens with one attached hydrogen (secondary N) is 1. The summed E-state index contributed by atoms with van der Waals surface area (Å²) in [5.74, 6) is -2.27. The number of nitrogens with zero attached hydrogens (tertiary/aromatic N) is 1. The summed E-state index contributed by atoms with van der Waals surface area (Å²) in [6.45, 7) is 3.15. The molecular weight excluding hydrogens is 204 g/mol. The molecule has 1 aromatic rings. The molecule has 0 spiro atoms. The predicted octanol–water partition coefficient (Wildman–Crippen LogP) is 1.66. The van der Waals surface area contributed by atoms with Gasteiger partial charge in [0.2, 0.25) is 5.91 Å². The zero-order valence-electron chi connectivity index (χ0n) is 9.15. The Bertz CT molecular complexity index is 443. The van der Waals surface area contributed by atoms with E-state index in [0.717, 1.165) is 5.56 Å². The molecule has 0 fully saturated rings. The summed E-state index contributed by atoms with van der Waals surface area (Å²) in [4.78, 5) is 22.5. The molecule has 0 bridgehead atoms. The third-order valence-electron chi connectivity index (χ3n) is 2.12. The zero-order valence-corrected chi connectivity index (χ0v) is 9.15. The number of amides is 1. The third kappa shape index (κ3) is 2.92. The number of benzene rings is 1. The lowest BCUT2D eigenvalue weighted by Crippen LogP contribution is -2.26. The van der Waals surface area contributed by atoms with E-state index >= 15 is 0 Å². The Hall–Kier alpha value is -2.15. The van der Waals surface area contributed by atoms with Crippen LogP contribution in [0.15, 0.2) is 24.3 Å². The largest absolute Gasteiger partial charge is 0.325 e. The fraction of sp³-hybridized carbons (Fsp3) is 0.250. The van der Waals surface area contributed by atoms with Crippen LogP contribution in [0.2, 0.25) is 0 Å². The maximum Gasteiger partial charge on any atom is 0.249 e. The summed E-state index contributed by atoms with van der Waals surface area (Å²) in [5, 5.41) is 11.2. The van der Waals surface area contributed by atoms with Crippen molar-refractivity contribution in [3.05, 3.63) is 29.8 Å². The smallest absolute Gasteiger partial charge is 0.249 e. The van der Waals surface area contributed by atoms with Crippen molar-refractivity contribution >= 4 is 17.4 Å². The number of carbonyl (C=O) groups is 2. The quantitative estimate of drug-likeness (QED) is 0.781. The van der Waals surface area contributed by atoms with Gasteiger partial charge in [0.05, 0.1) is 6.07 Å². The predicted molar refractivity (Wildman–Crippen MR) is 59.6 cm³/mol. The van der Waals surface area contributed by atoms with E-state index in [1.807, 2.05) is 19.1 Å². The van der Waals surface area contributed by atoms with Crippen molar-refractivity contribution in [2.45, 2.75) is 13.8 Å². The summed E-state index contributed by atoms with van der Waals surface area (Å²) >= 11 is 0. The Morgan fingerprint density at radius 1 is 1.31 bits per heavy atom. The van der Waals surface area contributed by atoms with Crippen LogP contribution in [0.25, 0.3) is 0 Å². The topological polar surface area (TPSA) is 70.0 Å². The molecule has 4 heteroatoms. The van der Waals surface area contributed by atoms with Crippen molar-refractivity contribution in [3.63, 3.8) is 0 Å². The van der Waals surface area contributed by atoms with Crippen LogP contribution in [0.1, 0.15) is 12.5 Å². The van der Waals surface area contributed by atoms with Gasteiger partial charge in [0, 0.05) is 5.69 Å². The highest BCUT2D eigenvalue weighted by Gasteiger charge is 2.22. The van der Waals surface area contributed by atoms with Gasteiger partial charge < -0.3 is 5.32 Å². The van der Waals surface area contributed by atoms with Crippen molar-refractivity contribution in [3.8, 4) is 6.07 Å². The van der Waals surface area contributed by atoms with Gasteiger partial charge in [0.25, 0.3) is 0 Å². The molecule has 0 saturated heterocycles. The van der Waals surface area contributed by atoms with Crippen LogP contribution in [0.3, 0.4) is 0 Å². The van der Waals surface area contributed by atoms with E-state index in [4.69, 9.17) is 5.26 Å². The number of nitriles is 1. The van der Waals surface area contributed by atoms with Crippen LogP contribution >= 0.6 is 0 Å². The highest BCUT2D eigenvalue weighted by Crippen LogP contribution is 2.10. The highest BCUT2D eigenvalue weighted by molar-refractivity contribution is 6.08. The van der Waals surface area contributed by atoms with Gasteiger partial charge in [-0.3, -0.25) is 9.59 Å². The monoisotopic (exact) mass is 216 g/mol. The molecule has 1 amide bonds. The first-order valence-electron chi connectivity index (χ1n) is 4.82. The van der Waals surface area contributed by atoms with Crippen LogP contribution < -0.4 is 5.32 Å². The van der Waals surface area contributed by atoms with E-state index in [9.17, 15) is 9.59 Å². The van der Waals surface area contributed by atoms with Crippen molar-refractivity contribution in [2.75, 3.05) is 5.32 Å². The van der Waals surface area contributed by atoms with Crippen LogP contribution in [-0.4, -0.2) is 11.7 Å². The van der Waals surface area contributed by atoms with E-state index in [1.54, 1.807) is 18.2 Å². The summed E-state index contributed by atoms with van der Waals surface area (Å²) in [6, 6.07) is 8.80. The standard InChI is InChI=1S/C12H12N2O2/c1-8-3-5-10(6-4-8)14-12(16)11(7-13)9(2)15/h3-6,11H,1-2H3,(H,14,16). The van der Waals surface area contributed by atoms with Gasteiger partial charge in [0.1, 0.15) is 0 Å². The molecule has 1 rings (SSSR count). The van der Waals surface area contributed by atoms with E-state index in [2.05, 4.69) is 5.32 Å². The maximum absolute atomic E-state index is 11.5. The second-order valence-electron chi connectivity index (χ2n) is 3.53. The average molecular weight is 216 g/mol. The molecule has 0 aliphatic heterocycles. The Morgan fingerprint density at radius 3 is 2.31 bits per heavy atom. The Morgan fingerprint density at radius 2 is 1.88 bits per heavy atom. The first-order valence-corrected chi connectivity index (χ1v) is 4.82. The first-order chi connectivity index (χ1) is 7.54. The average Bonchev–Trinajstić information content (AvgIpc) is 2.22. The lowest BCUT2D eigenvalue weighted by molar-refractivity contribution is -0.127. The molecular formula is C12H12N2O2. The van der Waals surface area contributed by atoms with Gasteiger partial charge in [-0.1, -0.05) is 17.7 Å². The minimum absolute atomic E-state index is 0.452. The molecule has 1 atom stereocenters. The molecule has 16 heavy (non-hydrogen) atoms.